The van der Waals surface area contributed by atoms with Gasteiger partial charge in [-0.2, -0.15) is 0 Å². The molecule has 2 aromatic rings. The lowest BCUT2D eigenvalue weighted by atomic mass is 10.0. The molecular formula is C14H11NO3S. The van der Waals surface area contributed by atoms with E-state index in [0.29, 0.717) is 5.56 Å². The predicted octanol–water partition coefficient (Wildman–Crippen LogP) is 2.13. The summed E-state index contributed by atoms with van der Waals surface area (Å²) in [5.41, 5.74) is 1.59. The second-order valence-electron chi connectivity index (χ2n) is 4.33. The van der Waals surface area contributed by atoms with Gasteiger partial charge >= 0.3 is 0 Å². The Hall–Kier alpha value is -2.14. The van der Waals surface area contributed by atoms with Gasteiger partial charge < -0.3 is 0 Å². The van der Waals surface area contributed by atoms with Gasteiger partial charge in [0.1, 0.15) is 4.90 Å². The first kappa shape index (κ1) is 11.9. The number of rotatable bonds is 1. The summed E-state index contributed by atoms with van der Waals surface area (Å²) in [6, 6.07) is 14.2. The SMILES string of the molecule is CN1C(=O)c2cccc(-c3ccccc3)c2S1(=O)=O. The van der Waals surface area contributed by atoms with Crippen molar-refractivity contribution in [1.29, 1.82) is 0 Å². The van der Waals surface area contributed by atoms with Crippen molar-refractivity contribution in [2.24, 2.45) is 0 Å². The molecule has 0 bridgehead atoms. The quantitative estimate of drug-likeness (QED) is 0.799. The summed E-state index contributed by atoms with van der Waals surface area (Å²) >= 11 is 0. The van der Waals surface area contributed by atoms with Gasteiger partial charge in [-0.1, -0.05) is 42.5 Å². The van der Waals surface area contributed by atoms with Gasteiger partial charge in [0, 0.05) is 12.6 Å². The predicted molar refractivity (Wildman–Crippen MR) is 71.2 cm³/mol. The first-order valence-corrected chi connectivity index (χ1v) is 7.19. The van der Waals surface area contributed by atoms with Crippen LogP contribution in [0.5, 0.6) is 0 Å². The van der Waals surface area contributed by atoms with Gasteiger partial charge in [-0.05, 0) is 11.6 Å². The normalized spacial score (nSPS) is 16.5. The number of hydrogen-bond acceptors (Lipinski definition) is 3. The molecule has 0 N–H and O–H groups in total. The van der Waals surface area contributed by atoms with Crippen LogP contribution in [0.3, 0.4) is 0 Å². The molecule has 0 aliphatic carbocycles. The fourth-order valence-corrected chi connectivity index (χ4v) is 3.73. The molecule has 1 amide bonds. The minimum atomic E-state index is -3.73. The number of fused-ring (bicyclic) bond motifs is 1. The summed E-state index contributed by atoms with van der Waals surface area (Å²) < 4.78 is 25.4. The Morgan fingerprint density at radius 3 is 2.21 bits per heavy atom. The van der Waals surface area contributed by atoms with Gasteiger partial charge in [-0.15, -0.1) is 0 Å². The highest BCUT2D eigenvalue weighted by molar-refractivity contribution is 7.90. The zero-order valence-corrected chi connectivity index (χ0v) is 11.0. The minimum Gasteiger partial charge on any atom is -0.268 e. The molecule has 1 aliphatic rings. The third-order valence-electron chi connectivity index (χ3n) is 3.23. The Bertz CT molecular complexity index is 767. The van der Waals surface area contributed by atoms with Crippen molar-refractivity contribution in [3.63, 3.8) is 0 Å². The highest BCUT2D eigenvalue weighted by Gasteiger charge is 2.40. The van der Waals surface area contributed by atoms with E-state index in [0.717, 1.165) is 9.87 Å². The molecule has 2 aromatic carbocycles. The molecule has 0 unspecified atom stereocenters. The first-order chi connectivity index (χ1) is 9.03. The van der Waals surface area contributed by atoms with Crippen molar-refractivity contribution in [3.05, 3.63) is 54.1 Å². The second-order valence-corrected chi connectivity index (χ2v) is 6.23. The van der Waals surface area contributed by atoms with Crippen LogP contribution in [0.15, 0.2) is 53.4 Å². The monoisotopic (exact) mass is 273 g/mol. The van der Waals surface area contributed by atoms with E-state index in [1.54, 1.807) is 18.2 Å². The molecule has 1 heterocycles. The summed E-state index contributed by atoms with van der Waals surface area (Å²) in [4.78, 5) is 12.0. The third kappa shape index (κ3) is 1.58. The van der Waals surface area contributed by atoms with Crippen molar-refractivity contribution in [2.75, 3.05) is 7.05 Å². The zero-order chi connectivity index (χ0) is 13.6. The summed E-state index contributed by atoms with van der Waals surface area (Å²) in [5.74, 6) is -0.479. The maximum absolute atomic E-state index is 12.3. The number of amides is 1. The number of benzene rings is 2. The van der Waals surface area contributed by atoms with Crippen LogP contribution in [0.1, 0.15) is 10.4 Å². The summed E-state index contributed by atoms with van der Waals surface area (Å²) in [6.45, 7) is 0. The van der Waals surface area contributed by atoms with E-state index < -0.39 is 15.9 Å². The van der Waals surface area contributed by atoms with E-state index in [2.05, 4.69) is 0 Å². The van der Waals surface area contributed by atoms with Gasteiger partial charge in [0.05, 0.1) is 5.56 Å². The fraction of sp³-hybridized carbons (Fsp3) is 0.0714. The molecule has 3 rings (SSSR count). The molecule has 0 fully saturated rings. The van der Waals surface area contributed by atoms with Crippen molar-refractivity contribution < 1.29 is 13.2 Å². The lowest BCUT2D eigenvalue weighted by Gasteiger charge is -2.09. The van der Waals surface area contributed by atoms with Crippen LogP contribution in [-0.2, 0) is 10.0 Å². The molecule has 0 saturated heterocycles. The van der Waals surface area contributed by atoms with Crippen LogP contribution in [-0.4, -0.2) is 25.7 Å². The molecule has 0 saturated carbocycles. The molecule has 5 heteroatoms. The average Bonchev–Trinajstić information content (AvgIpc) is 2.61. The summed E-state index contributed by atoms with van der Waals surface area (Å²) in [7, 11) is -2.44. The standard InChI is InChI=1S/C14H11NO3S/c1-15-14(16)12-9-5-8-11(13(12)19(15,17)18)10-6-3-2-4-7-10/h2-9H,1H3. The fourth-order valence-electron chi connectivity index (χ4n) is 2.24. The van der Waals surface area contributed by atoms with Crippen molar-refractivity contribution in [3.8, 4) is 11.1 Å². The smallest absolute Gasteiger partial charge is 0.268 e. The zero-order valence-electron chi connectivity index (χ0n) is 10.2. The van der Waals surface area contributed by atoms with Gasteiger partial charge in [-0.3, -0.25) is 4.79 Å². The van der Waals surface area contributed by atoms with Gasteiger partial charge in [0.2, 0.25) is 0 Å². The second kappa shape index (κ2) is 3.93. The lowest BCUT2D eigenvalue weighted by Crippen LogP contribution is -2.24. The molecule has 4 nitrogen and oxygen atoms in total. The van der Waals surface area contributed by atoms with E-state index in [4.69, 9.17) is 0 Å². The Kier molecular flexibility index (Phi) is 2.46. The summed E-state index contributed by atoms with van der Waals surface area (Å²) in [6.07, 6.45) is 0. The highest BCUT2D eigenvalue weighted by Crippen LogP contribution is 2.37. The van der Waals surface area contributed by atoms with Crippen molar-refractivity contribution in [2.45, 2.75) is 4.90 Å². The van der Waals surface area contributed by atoms with Gasteiger partial charge in [-0.25, -0.2) is 12.7 Å². The number of carbonyl (C=O) groups excluding carboxylic acids is 1. The van der Waals surface area contributed by atoms with E-state index in [9.17, 15) is 13.2 Å². The molecular weight excluding hydrogens is 262 g/mol. The van der Waals surface area contributed by atoms with Crippen molar-refractivity contribution >= 4 is 15.9 Å². The van der Waals surface area contributed by atoms with E-state index >= 15 is 0 Å². The number of hydrogen-bond donors (Lipinski definition) is 0. The van der Waals surface area contributed by atoms with Crippen molar-refractivity contribution in [1.82, 2.24) is 4.31 Å². The maximum atomic E-state index is 12.3. The molecule has 0 aromatic heterocycles. The largest absolute Gasteiger partial charge is 0.268 e. The number of carbonyl (C=O) groups is 1. The van der Waals surface area contributed by atoms with Gasteiger partial charge in [0.15, 0.2) is 0 Å². The van der Waals surface area contributed by atoms with Crippen LogP contribution in [0.2, 0.25) is 0 Å². The Balaban J connectivity index is 2.37. The Labute approximate surface area is 111 Å². The van der Waals surface area contributed by atoms with E-state index in [1.165, 1.54) is 7.05 Å². The van der Waals surface area contributed by atoms with Crippen LogP contribution in [0.4, 0.5) is 0 Å². The van der Waals surface area contributed by atoms with Crippen LogP contribution in [0.25, 0.3) is 11.1 Å². The van der Waals surface area contributed by atoms with Crippen LogP contribution in [0, 0.1) is 0 Å². The number of nitrogens with zero attached hydrogens (tertiary/aromatic N) is 1. The molecule has 0 spiro atoms. The maximum Gasteiger partial charge on any atom is 0.268 e. The molecule has 0 atom stereocenters. The first-order valence-electron chi connectivity index (χ1n) is 5.75. The molecule has 96 valence electrons. The van der Waals surface area contributed by atoms with E-state index in [-0.39, 0.29) is 10.5 Å². The minimum absolute atomic E-state index is 0.105. The highest BCUT2D eigenvalue weighted by atomic mass is 32.2. The molecule has 1 aliphatic heterocycles. The van der Waals surface area contributed by atoms with E-state index in [1.807, 2.05) is 30.3 Å². The number of sulfonamides is 1. The van der Waals surface area contributed by atoms with Crippen LogP contribution >= 0.6 is 0 Å². The topological polar surface area (TPSA) is 54.5 Å². The summed E-state index contributed by atoms with van der Waals surface area (Å²) in [5, 5.41) is 0. The van der Waals surface area contributed by atoms with Gasteiger partial charge in [0.25, 0.3) is 15.9 Å². The average molecular weight is 273 g/mol. The molecule has 0 radical (unpaired) electrons. The van der Waals surface area contributed by atoms with Crippen LogP contribution < -0.4 is 0 Å². The third-order valence-corrected chi connectivity index (χ3v) is 5.08. The Morgan fingerprint density at radius 2 is 1.53 bits per heavy atom. The Morgan fingerprint density at radius 1 is 0.895 bits per heavy atom. The molecule has 19 heavy (non-hydrogen) atoms. The lowest BCUT2D eigenvalue weighted by molar-refractivity contribution is 0.0891.